The highest BCUT2D eigenvalue weighted by molar-refractivity contribution is 9.10. The van der Waals surface area contributed by atoms with Crippen LogP contribution in [0.4, 0.5) is 0 Å². The van der Waals surface area contributed by atoms with Gasteiger partial charge in [-0.1, -0.05) is 65.7 Å². The van der Waals surface area contributed by atoms with E-state index in [1.54, 1.807) is 30.3 Å². The highest BCUT2D eigenvalue weighted by Crippen LogP contribution is 2.29. The fourth-order valence-electron chi connectivity index (χ4n) is 2.71. The van der Waals surface area contributed by atoms with E-state index < -0.39 is 5.91 Å². The summed E-state index contributed by atoms with van der Waals surface area (Å²) < 4.78 is 6.51. The average molecular weight is 516 g/mol. The predicted octanol–water partition coefficient (Wildman–Crippen LogP) is 6.56. The summed E-state index contributed by atoms with van der Waals surface area (Å²) in [6.07, 6.45) is 1.53. The topological polar surface area (TPSA) is 62.1 Å². The van der Waals surface area contributed by atoms with E-state index >= 15 is 0 Å². The number of nitrogens with one attached hydrogen (secondary N) is 1. The van der Waals surface area contributed by atoms with Gasteiger partial charge in [-0.3, -0.25) is 4.79 Å². The van der Waals surface area contributed by atoms with E-state index in [1.807, 2.05) is 42.5 Å². The SMILES string of the molecule is N#C/C(=C/c1ccc(OCc2ccc(Cl)cc2Cl)c(Br)c1)C(=O)NCc1ccccc1. The minimum Gasteiger partial charge on any atom is -0.488 e. The van der Waals surface area contributed by atoms with E-state index in [2.05, 4.69) is 21.2 Å². The van der Waals surface area contributed by atoms with Crippen molar-refractivity contribution in [3.05, 3.63) is 104 Å². The number of hydrogen-bond donors (Lipinski definition) is 1. The van der Waals surface area contributed by atoms with Crippen LogP contribution in [-0.4, -0.2) is 5.91 Å². The molecule has 1 amide bonds. The molecule has 3 aromatic carbocycles. The fourth-order valence-corrected chi connectivity index (χ4v) is 3.68. The summed E-state index contributed by atoms with van der Waals surface area (Å²) in [5.74, 6) is 0.176. The Kier molecular flexibility index (Phi) is 8.13. The van der Waals surface area contributed by atoms with Crippen molar-refractivity contribution in [3.63, 3.8) is 0 Å². The normalized spacial score (nSPS) is 11.0. The lowest BCUT2D eigenvalue weighted by Crippen LogP contribution is -2.23. The van der Waals surface area contributed by atoms with Gasteiger partial charge in [0.05, 0.1) is 4.47 Å². The van der Waals surface area contributed by atoms with Crippen LogP contribution in [0, 0.1) is 11.3 Å². The number of carbonyl (C=O) groups excluding carboxylic acids is 1. The van der Waals surface area contributed by atoms with Crippen LogP contribution in [0.15, 0.2) is 76.8 Å². The van der Waals surface area contributed by atoms with Gasteiger partial charge in [-0.15, -0.1) is 0 Å². The van der Waals surface area contributed by atoms with E-state index in [-0.39, 0.29) is 12.2 Å². The number of rotatable bonds is 7. The van der Waals surface area contributed by atoms with E-state index in [0.29, 0.717) is 32.4 Å². The molecule has 0 heterocycles. The summed E-state index contributed by atoms with van der Waals surface area (Å²) in [4.78, 5) is 12.4. The van der Waals surface area contributed by atoms with Crippen molar-refractivity contribution in [2.45, 2.75) is 13.2 Å². The Morgan fingerprint density at radius 2 is 1.87 bits per heavy atom. The van der Waals surface area contributed by atoms with Crippen LogP contribution in [0.1, 0.15) is 16.7 Å². The summed E-state index contributed by atoms with van der Waals surface area (Å²) in [5, 5.41) is 13.2. The number of carbonyl (C=O) groups is 1. The molecule has 0 aliphatic carbocycles. The van der Waals surface area contributed by atoms with Gasteiger partial charge in [0.2, 0.25) is 0 Å². The van der Waals surface area contributed by atoms with Crippen LogP contribution in [0.5, 0.6) is 5.75 Å². The maximum Gasteiger partial charge on any atom is 0.262 e. The highest BCUT2D eigenvalue weighted by atomic mass is 79.9. The number of ether oxygens (including phenoxy) is 1. The first-order chi connectivity index (χ1) is 15.0. The zero-order valence-electron chi connectivity index (χ0n) is 16.2. The first-order valence-electron chi connectivity index (χ1n) is 9.26. The Morgan fingerprint density at radius 1 is 1.10 bits per heavy atom. The summed E-state index contributed by atoms with van der Waals surface area (Å²) in [6.45, 7) is 0.623. The van der Waals surface area contributed by atoms with Crippen molar-refractivity contribution in [3.8, 4) is 11.8 Å². The molecule has 0 bridgehead atoms. The van der Waals surface area contributed by atoms with Gasteiger partial charge in [-0.25, -0.2) is 0 Å². The van der Waals surface area contributed by atoms with Crippen molar-refractivity contribution in [2.75, 3.05) is 0 Å². The van der Waals surface area contributed by atoms with Crippen LogP contribution in [0.3, 0.4) is 0 Å². The minimum absolute atomic E-state index is 0.0180. The molecule has 0 fully saturated rings. The van der Waals surface area contributed by atoms with Gasteiger partial charge in [0.1, 0.15) is 24.0 Å². The quantitative estimate of drug-likeness (QED) is 0.286. The van der Waals surface area contributed by atoms with Crippen LogP contribution in [0.2, 0.25) is 10.0 Å². The second-order valence-electron chi connectivity index (χ2n) is 6.55. The summed E-state index contributed by atoms with van der Waals surface area (Å²) in [7, 11) is 0. The summed E-state index contributed by atoms with van der Waals surface area (Å²) in [6, 6.07) is 22.0. The third-order valence-electron chi connectivity index (χ3n) is 4.33. The molecule has 4 nitrogen and oxygen atoms in total. The summed E-state index contributed by atoms with van der Waals surface area (Å²) >= 11 is 15.6. The van der Waals surface area contributed by atoms with Crippen LogP contribution < -0.4 is 10.1 Å². The van der Waals surface area contributed by atoms with Crippen molar-refractivity contribution in [1.82, 2.24) is 5.32 Å². The third kappa shape index (κ3) is 6.60. The molecule has 1 N–H and O–H groups in total. The molecule has 0 aromatic heterocycles. The number of nitriles is 1. The maximum absolute atomic E-state index is 12.4. The maximum atomic E-state index is 12.4. The van der Waals surface area contributed by atoms with Gasteiger partial charge in [-0.05, 0) is 57.4 Å². The molecule has 31 heavy (non-hydrogen) atoms. The molecule has 3 rings (SSSR count). The Bertz CT molecular complexity index is 1160. The molecule has 0 unspecified atom stereocenters. The molecule has 156 valence electrons. The van der Waals surface area contributed by atoms with Crippen LogP contribution >= 0.6 is 39.1 Å². The van der Waals surface area contributed by atoms with Gasteiger partial charge < -0.3 is 10.1 Å². The molecule has 0 spiro atoms. The molecular formula is C24H17BrCl2N2O2. The molecule has 0 aliphatic heterocycles. The summed E-state index contributed by atoms with van der Waals surface area (Å²) in [5.41, 5.74) is 2.47. The number of amides is 1. The minimum atomic E-state index is -0.430. The van der Waals surface area contributed by atoms with Gasteiger partial charge in [0.15, 0.2) is 0 Å². The van der Waals surface area contributed by atoms with Crippen molar-refractivity contribution >= 4 is 51.1 Å². The van der Waals surface area contributed by atoms with Gasteiger partial charge in [0.25, 0.3) is 5.91 Å². The standard InChI is InChI=1S/C24H17BrCl2N2O2/c25-21-11-17(6-9-23(21)31-15-18-7-8-20(26)12-22(18)27)10-19(13-28)24(30)29-14-16-4-2-1-3-5-16/h1-12H,14-15H2,(H,29,30)/b19-10-. The number of hydrogen-bond acceptors (Lipinski definition) is 3. The van der Waals surface area contributed by atoms with E-state index in [4.69, 9.17) is 27.9 Å². The van der Waals surface area contributed by atoms with Gasteiger partial charge >= 0.3 is 0 Å². The van der Waals surface area contributed by atoms with E-state index in [1.165, 1.54) is 6.08 Å². The smallest absolute Gasteiger partial charge is 0.262 e. The Morgan fingerprint density at radius 3 is 2.55 bits per heavy atom. The monoisotopic (exact) mass is 514 g/mol. The third-order valence-corrected chi connectivity index (χ3v) is 5.53. The lowest BCUT2D eigenvalue weighted by atomic mass is 10.1. The molecule has 0 atom stereocenters. The fraction of sp³-hybridized carbons (Fsp3) is 0.0833. The molecular weight excluding hydrogens is 499 g/mol. The van der Waals surface area contributed by atoms with Crippen LogP contribution in [-0.2, 0) is 17.9 Å². The number of nitrogens with zero attached hydrogens (tertiary/aromatic N) is 1. The zero-order valence-corrected chi connectivity index (χ0v) is 19.3. The predicted molar refractivity (Wildman–Crippen MR) is 127 cm³/mol. The second kappa shape index (κ2) is 11.0. The Balaban J connectivity index is 1.66. The van der Waals surface area contributed by atoms with Gasteiger partial charge in [-0.2, -0.15) is 5.26 Å². The number of halogens is 3. The second-order valence-corrected chi connectivity index (χ2v) is 8.25. The van der Waals surface area contributed by atoms with E-state index in [9.17, 15) is 10.1 Å². The van der Waals surface area contributed by atoms with Crippen molar-refractivity contribution in [2.24, 2.45) is 0 Å². The number of benzene rings is 3. The van der Waals surface area contributed by atoms with E-state index in [0.717, 1.165) is 11.1 Å². The zero-order chi connectivity index (χ0) is 22.2. The Hall–Kier alpha value is -2.78. The first-order valence-corrected chi connectivity index (χ1v) is 10.8. The molecule has 0 aliphatic rings. The molecule has 0 saturated carbocycles. The Labute approximate surface area is 199 Å². The molecule has 3 aromatic rings. The van der Waals surface area contributed by atoms with Gasteiger partial charge in [0, 0.05) is 22.2 Å². The lowest BCUT2D eigenvalue weighted by molar-refractivity contribution is -0.117. The van der Waals surface area contributed by atoms with Crippen molar-refractivity contribution < 1.29 is 9.53 Å². The van der Waals surface area contributed by atoms with Crippen LogP contribution in [0.25, 0.3) is 6.08 Å². The lowest BCUT2D eigenvalue weighted by Gasteiger charge is -2.10. The average Bonchev–Trinajstić information content (AvgIpc) is 2.77. The highest BCUT2D eigenvalue weighted by Gasteiger charge is 2.10. The largest absolute Gasteiger partial charge is 0.488 e. The molecule has 0 saturated heterocycles. The van der Waals surface area contributed by atoms with Crippen molar-refractivity contribution in [1.29, 1.82) is 5.26 Å². The molecule has 0 radical (unpaired) electrons. The molecule has 7 heteroatoms. The first kappa shape index (κ1) is 22.9.